The number of ether oxygens (including phenoxy) is 1. The number of aromatic nitrogens is 2. The van der Waals surface area contributed by atoms with Gasteiger partial charge >= 0.3 is 5.97 Å². The van der Waals surface area contributed by atoms with Gasteiger partial charge in [-0.15, -0.1) is 0 Å². The van der Waals surface area contributed by atoms with E-state index in [1.54, 1.807) is 0 Å². The van der Waals surface area contributed by atoms with Crippen molar-refractivity contribution in [2.45, 2.75) is 59.4 Å². The van der Waals surface area contributed by atoms with E-state index in [0.717, 1.165) is 12.1 Å². The second-order valence-electron chi connectivity index (χ2n) is 6.17. The largest absolute Gasteiger partial charge is 0.457 e. The normalized spacial score (nSPS) is 12.3. The van der Waals surface area contributed by atoms with Crippen LogP contribution in [0.15, 0.2) is 18.2 Å². The molecule has 1 aromatic rings. The van der Waals surface area contributed by atoms with Crippen LogP contribution in [0.2, 0.25) is 0 Å². The number of esters is 1. The van der Waals surface area contributed by atoms with Crippen molar-refractivity contribution in [1.29, 1.82) is 0 Å². The molecule has 0 aliphatic rings. The van der Waals surface area contributed by atoms with Crippen LogP contribution < -0.4 is 0 Å². The lowest BCUT2D eigenvalue weighted by Gasteiger charge is -2.23. The van der Waals surface area contributed by atoms with Crippen molar-refractivity contribution < 1.29 is 9.53 Å². The average molecular weight is 278 g/mol. The van der Waals surface area contributed by atoms with Crippen LogP contribution in [0, 0.1) is 0 Å². The van der Waals surface area contributed by atoms with E-state index in [-0.39, 0.29) is 11.5 Å². The molecule has 0 aliphatic carbocycles. The summed E-state index contributed by atoms with van der Waals surface area (Å²) in [6.07, 6.45) is 4.76. The fourth-order valence-corrected chi connectivity index (χ4v) is 1.88. The number of allylic oxidation sites excluding steroid dienone is 1. The molecule has 0 unspecified atom stereocenters. The van der Waals surface area contributed by atoms with Crippen molar-refractivity contribution in [3.63, 3.8) is 0 Å². The molecule has 0 saturated carbocycles. The standard InChI is InChI=1S/C16H26N2O2/c1-7-8-9-10-20-15(19)13-11-14(12(2)3)18(17-13)16(4,5)6/h8-9,11-12H,7,10H2,1-6H3/b9-8+. The molecule has 0 radical (unpaired) electrons. The number of carbonyl (C=O) groups is 1. The van der Waals surface area contributed by atoms with Gasteiger partial charge in [-0.05, 0) is 39.2 Å². The first-order chi connectivity index (χ1) is 9.27. The molecule has 1 aromatic heterocycles. The van der Waals surface area contributed by atoms with Gasteiger partial charge in [-0.3, -0.25) is 4.68 Å². The summed E-state index contributed by atoms with van der Waals surface area (Å²) in [6.45, 7) is 12.8. The molecule has 0 atom stereocenters. The maximum Gasteiger partial charge on any atom is 0.359 e. The summed E-state index contributed by atoms with van der Waals surface area (Å²) in [6, 6.07) is 1.84. The van der Waals surface area contributed by atoms with Gasteiger partial charge in [-0.2, -0.15) is 5.10 Å². The molecule has 0 fully saturated rings. The fraction of sp³-hybridized carbons (Fsp3) is 0.625. The second kappa shape index (κ2) is 6.73. The summed E-state index contributed by atoms with van der Waals surface area (Å²) in [7, 11) is 0. The third-order valence-electron chi connectivity index (χ3n) is 2.89. The van der Waals surface area contributed by atoms with Gasteiger partial charge in [0, 0.05) is 5.69 Å². The van der Waals surface area contributed by atoms with E-state index in [2.05, 4.69) is 39.7 Å². The zero-order valence-corrected chi connectivity index (χ0v) is 13.4. The molecule has 0 N–H and O–H groups in total. The first-order valence-electron chi connectivity index (χ1n) is 7.20. The minimum absolute atomic E-state index is 0.153. The number of hydrogen-bond donors (Lipinski definition) is 0. The third-order valence-corrected chi connectivity index (χ3v) is 2.89. The van der Waals surface area contributed by atoms with Crippen LogP contribution in [0.3, 0.4) is 0 Å². The van der Waals surface area contributed by atoms with E-state index in [0.29, 0.717) is 18.2 Å². The lowest BCUT2D eigenvalue weighted by atomic mass is 10.1. The van der Waals surface area contributed by atoms with E-state index in [1.807, 2.05) is 29.8 Å². The minimum Gasteiger partial charge on any atom is -0.457 e. The van der Waals surface area contributed by atoms with E-state index >= 15 is 0 Å². The summed E-state index contributed by atoms with van der Waals surface area (Å²) < 4.78 is 7.10. The first kappa shape index (κ1) is 16.5. The molecule has 0 amide bonds. The summed E-state index contributed by atoms with van der Waals surface area (Å²) >= 11 is 0. The summed E-state index contributed by atoms with van der Waals surface area (Å²) in [5.74, 6) is -0.0566. The highest BCUT2D eigenvalue weighted by Gasteiger charge is 2.23. The Morgan fingerprint density at radius 1 is 1.40 bits per heavy atom. The summed E-state index contributed by atoms with van der Waals surface area (Å²) in [5.41, 5.74) is 1.28. The van der Waals surface area contributed by atoms with Crippen molar-refractivity contribution in [3.05, 3.63) is 29.6 Å². The molecule has 1 heterocycles. The van der Waals surface area contributed by atoms with Gasteiger partial charge in [0.1, 0.15) is 6.61 Å². The van der Waals surface area contributed by atoms with Crippen molar-refractivity contribution in [3.8, 4) is 0 Å². The number of carbonyl (C=O) groups excluding carboxylic acids is 1. The fourth-order valence-electron chi connectivity index (χ4n) is 1.88. The Bertz CT molecular complexity index is 479. The Balaban J connectivity index is 2.91. The molecular weight excluding hydrogens is 252 g/mol. The topological polar surface area (TPSA) is 44.1 Å². The van der Waals surface area contributed by atoms with Crippen molar-refractivity contribution in [2.75, 3.05) is 6.61 Å². The van der Waals surface area contributed by atoms with Crippen LogP contribution in [0.1, 0.15) is 70.1 Å². The smallest absolute Gasteiger partial charge is 0.359 e. The van der Waals surface area contributed by atoms with Gasteiger partial charge < -0.3 is 4.74 Å². The Morgan fingerprint density at radius 3 is 2.50 bits per heavy atom. The molecule has 0 saturated heterocycles. The monoisotopic (exact) mass is 278 g/mol. The lowest BCUT2D eigenvalue weighted by Crippen LogP contribution is -2.26. The minimum atomic E-state index is -0.365. The van der Waals surface area contributed by atoms with Crippen molar-refractivity contribution in [2.24, 2.45) is 0 Å². The maximum atomic E-state index is 12.0. The lowest BCUT2D eigenvalue weighted by molar-refractivity contribution is 0.0540. The first-order valence-corrected chi connectivity index (χ1v) is 7.20. The predicted octanol–water partition coefficient (Wildman–Crippen LogP) is 3.88. The van der Waals surface area contributed by atoms with Crippen LogP contribution in [-0.4, -0.2) is 22.4 Å². The molecule has 0 aromatic carbocycles. The van der Waals surface area contributed by atoms with Crippen molar-refractivity contribution in [1.82, 2.24) is 9.78 Å². The van der Waals surface area contributed by atoms with Crippen molar-refractivity contribution >= 4 is 5.97 Å². The van der Waals surface area contributed by atoms with Gasteiger partial charge in [0.2, 0.25) is 0 Å². The maximum absolute atomic E-state index is 12.0. The van der Waals surface area contributed by atoms with E-state index in [1.165, 1.54) is 0 Å². The molecule has 112 valence electrons. The summed E-state index contributed by atoms with van der Waals surface area (Å²) in [4.78, 5) is 12.0. The predicted molar refractivity (Wildman–Crippen MR) is 81.0 cm³/mol. The number of nitrogens with zero attached hydrogens (tertiary/aromatic N) is 2. The summed E-state index contributed by atoms with van der Waals surface area (Å²) in [5, 5.41) is 4.42. The number of hydrogen-bond acceptors (Lipinski definition) is 3. The van der Waals surface area contributed by atoms with Crippen LogP contribution in [-0.2, 0) is 10.3 Å². The second-order valence-corrected chi connectivity index (χ2v) is 6.17. The zero-order chi connectivity index (χ0) is 15.3. The Hall–Kier alpha value is -1.58. The highest BCUT2D eigenvalue weighted by Crippen LogP contribution is 2.23. The molecule has 1 rings (SSSR count). The molecule has 0 spiro atoms. The molecule has 0 bridgehead atoms. The molecule has 4 nitrogen and oxygen atoms in total. The third kappa shape index (κ3) is 4.22. The zero-order valence-electron chi connectivity index (χ0n) is 13.4. The van der Waals surface area contributed by atoms with Crippen LogP contribution in [0.25, 0.3) is 0 Å². The SMILES string of the molecule is CC/C=C/COC(=O)c1cc(C(C)C)n(C(C)(C)C)n1. The van der Waals surface area contributed by atoms with E-state index in [4.69, 9.17) is 4.74 Å². The number of rotatable bonds is 5. The highest BCUT2D eigenvalue weighted by molar-refractivity contribution is 5.87. The molecule has 20 heavy (non-hydrogen) atoms. The quantitative estimate of drug-likeness (QED) is 0.606. The van der Waals surface area contributed by atoms with Crippen LogP contribution in [0.5, 0.6) is 0 Å². The van der Waals surface area contributed by atoms with Gasteiger partial charge in [0.25, 0.3) is 0 Å². The molecule has 4 heteroatoms. The van der Waals surface area contributed by atoms with Gasteiger partial charge in [0.15, 0.2) is 5.69 Å². The van der Waals surface area contributed by atoms with E-state index in [9.17, 15) is 4.79 Å². The van der Waals surface area contributed by atoms with E-state index < -0.39 is 0 Å². The molecule has 0 aliphatic heterocycles. The van der Waals surface area contributed by atoms with Crippen LogP contribution >= 0.6 is 0 Å². The van der Waals surface area contributed by atoms with Gasteiger partial charge in [0.05, 0.1) is 5.54 Å². The van der Waals surface area contributed by atoms with Crippen LogP contribution in [0.4, 0.5) is 0 Å². The Labute approximate surface area is 121 Å². The van der Waals surface area contributed by atoms with Gasteiger partial charge in [-0.25, -0.2) is 4.79 Å². The Kier molecular flexibility index (Phi) is 5.54. The highest BCUT2D eigenvalue weighted by atomic mass is 16.5. The van der Waals surface area contributed by atoms with Gasteiger partial charge in [-0.1, -0.05) is 32.9 Å². The average Bonchev–Trinajstić information content (AvgIpc) is 2.79. The molecular formula is C16H26N2O2. The Morgan fingerprint density at radius 2 is 2.05 bits per heavy atom.